The van der Waals surface area contributed by atoms with Gasteiger partial charge in [-0.3, -0.25) is 0 Å². The Labute approximate surface area is 84.8 Å². The molecule has 0 aliphatic heterocycles. The normalized spacial score (nSPS) is 9.00. The monoisotopic (exact) mass is 230 g/mol. The van der Waals surface area contributed by atoms with E-state index < -0.39 is 5.72 Å². The Morgan fingerprint density at radius 3 is 2.20 bits per heavy atom. The Morgan fingerprint density at radius 2 is 1.90 bits per heavy atom. The summed E-state index contributed by atoms with van der Waals surface area (Å²) in [5.41, 5.74) is -0.651. The molecule has 56 valence electrons. The summed E-state index contributed by atoms with van der Waals surface area (Å²) in [6.07, 6.45) is 6.17. The van der Waals surface area contributed by atoms with Crippen LogP contribution in [0.15, 0.2) is 0 Å². The topological polar surface area (TPSA) is 0 Å². The molecule has 0 aromatic rings. The first kappa shape index (κ1) is 13.6. The van der Waals surface area contributed by atoms with Crippen molar-refractivity contribution >= 4 is 42.3 Å². The van der Waals surface area contributed by atoms with Crippen LogP contribution in [0, 0.1) is 12.3 Å². The average Bonchev–Trinajstić information content (AvgIpc) is 1.63. The second-order valence-electron chi connectivity index (χ2n) is 3.62. The van der Waals surface area contributed by atoms with E-state index in [9.17, 15) is 0 Å². The summed E-state index contributed by atoms with van der Waals surface area (Å²) in [4.78, 5) is 0. The van der Waals surface area contributed by atoms with Gasteiger partial charge in [-0.05, 0) is 6.42 Å². The van der Waals surface area contributed by atoms with Crippen molar-refractivity contribution in [2.75, 3.05) is 0 Å². The summed E-state index contributed by atoms with van der Waals surface area (Å²) in [5.74, 6) is 2.70. The van der Waals surface area contributed by atoms with Crippen molar-refractivity contribution in [3.05, 3.63) is 0 Å². The van der Waals surface area contributed by atoms with E-state index in [1.54, 1.807) is 0 Å². The fraction of sp³-hybridized carbons (Fsp3) is 0.714. The maximum Gasteiger partial charge on any atom is 0.365 e. The molecule has 0 N–H and O–H groups in total. The molecule has 0 spiro atoms. The molecule has 0 radical (unpaired) electrons. The van der Waals surface area contributed by atoms with Gasteiger partial charge in [-0.1, -0.05) is 25.4 Å². The van der Waals surface area contributed by atoms with Crippen LogP contribution in [0.1, 0.15) is 6.42 Å². The van der Waals surface area contributed by atoms with Crippen molar-refractivity contribution < 1.29 is 0 Å². The molecule has 0 saturated carbocycles. The van der Waals surface area contributed by atoms with Crippen molar-refractivity contribution in [1.82, 2.24) is 0 Å². The molecular formula is C7H15BrMgSi. The van der Waals surface area contributed by atoms with Crippen LogP contribution in [0.5, 0.6) is 0 Å². The number of rotatable bonds is 3. The third-order valence-electron chi connectivity index (χ3n) is 1.25. The van der Waals surface area contributed by atoms with Crippen LogP contribution in [0.25, 0.3) is 0 Å². The molecule has 0 amide bonds. The van der Waals surface area contributed by atoms with E-state index in [-0.39, 0.29) is 36.6 Å². The first-order chi connectivity index (χ1) is 4.06. The quantitative estimate of drug-likeness (QED) is 0.398. The van der Waals surface area contributed by atoms with E-state index >= 15 is 0 Å². The lowest BCUT2D eigenvalue weighted by Gasteiger charge is -2.12. The van der Waals surface area contributed by atoms with Crippen LogP contribution >= 0.6 is 17.0 Å². The molecule has 0 heterocycles. The van der Waals surface area contributed by atoms with Crippen molar-refractivity contribution in [3.63, 3.8) is 0 Å². The minimum absolute atomic E-state index is 0. The van der Waals surface area contributed by atoms with Gasteiger partial charge in [0.15, 0.2) is 0 Å². The van der Waals surface area contributed by atoms with Crippen LogP contribution < -0.4 is 0 Å². The SMILES string of the molecule is Br.C#CC[CH2][Mg][Si](C)(C)C. The van der Waals surface area contributed by atoms with E-state index in [1.165, 1.54) is 4.55 Å². The highest BCUT2D eigenvalue weighted by Crippen LogP contribution is 2.01. The Hall–Kier alpha value is 1.02. The first-order valence-corrected chi connectivity index (χ1v) is 10.3. The molecule has 0 saturated heterocycles. The molecule has 0 aliphatic carbocycles. The predicted molar refractivity (Wildman–Crippen MR) is 57.7 cm³/mol. The number of halogens is 1. The zero-order valence-corrected chi connectivity index (χ0v) is 11.2. The van der Waals surface area contributed by atoms with Gasteiger partial charge in [-0.15, -0.1) is 33.9 Å². The Morgan fingerprint density at radius 1 is 1.40 bits per heavy atom. The Kier molecular flexibility index (Phi) is 9.13. The van der Waals surface area contributed by atoms with Gasteiger partial charge in [0.25, 0.3) is 0 Å². The Bertz CT molecular complexity index is 112. The maximum atomic E-state index is 5.15. The number of terminal acetylenes is 1. The minimum Gasteiger partial charge on any atom is -0.138 e. The van der Waals surface area contributed by atoms with Crippen LogP contribution in [-0.4, -0.2) is 25.3 Å². The highest BCUT2D eigenvalue weighted by molar-refractivity contribution is 8.93. The van der Waals surface area contributed by atoms with E-state index in [1.807, 2.05) is 0 Å². The highest BCUT2D eigenvalue weighted by atomic mass is 79.9. The molecule has 0 aliphatic rings. The van der Waals surface area contributed by atoms with E-state index in [0.29, 0.717) is 0 Å². The Balaban J connectivity index is 0. The summed E-state index contributed by atoms with van der Waals surface area (Å²) in [7, 11) is 0. The fourth-order valence-corrected chi connectivity index (χ4v) is 5.87. The van der Waals surface area contributed by atoms with Gasteiger partial charge in [0.05, 0.1) is 0 Å². The molecule has 0 aromatic carbocycles. The van der Waals surface area contributed by atoms with Crippen molar-refractivity contribution in [1.29, 1.82) is 0 Å². The standard InChI is InChI=1S/C4H5.C3H9Si.BrH.Mg/c1-3-4-2;1-4(2)3;;/h1H,2,4H2;1-3H3;1H;. The zero-order valence-electron chi connectivity index (χ0n) is 7.11. The third-order valence-corrected chi connectivity index (χ3v) is 9.02. The van der Waals surface area contributed by atoms with E-state index in [0.717, 1.165) is 6.42 Å². The largest absolute Gasteiger partial charge is 0.365 e. The molecule has 0 atom stereocenters. The van der Waals surface area contributed by atoms with Crippen molar-refractivity contribution in [3.8, 4) is 12.3 Å². The second kappa shape index (κ2) is 6.72. The molecule has 3 heteroatoms. The van der Waals surface area contributed by atoms with Gasteiger partial charge in [0, 0.05) is 0 Å². The van der Waals surface area contributed by atoms with Gasteiger partial charge in [0.1, 0.15) is 0 Å². The van der Waals surface area contributed by atoms with Crippen LogP contribution in [0.4, 0.5) is 0 Å². The predicted octanol–water partition coefficient (Wildman–Crippen LogP) is 2.55. The summed E-state index contributed by atoms with van der Waals surface area (Å²) in [6, 6.07) is 0. The van der Waals surface area contributed by atoms with Gasteiger partial charge < -0.3 is 0 Å². The van der Waals surface area contributed by atoms with Gasteiger partial charge >= 0.3 is 19.6 Å². The fourth-order valence-electron chi connectivity index (χ4n) is 0.721. The number of hydrogen-bond acceptors (Lipinski definition) is 0. The lowest BCUT2D eigenvalue weighted by Crippen LogP contribution is -2.29. The molecule has 0 unspecified atom stereocenters. The molecular weight excluding hydrogens is 216 g/mol. The molecule has 0 aromatic heterocycles. The summed E-state index contributed by atoms with van der Waals surface area (Å²) >= 11 is 0.235. The lowest BCUT2D eigenvalue weighted by atomic mass is 10.5. The van der Waals surface area contributed by atoms with E-state index in [2.05, 4.69) is 25.6 Å². The van der Waals surface area contributed by atoms with Crippen molar-refractivity contribution in [2.24, 2.45) is 0 Å². The van der Waals surface area contributed by atoms with Crippen LogP contribution in [-0.2, 0) is 0 Å². The average molecular weight is 231 g/mol. The third kappa shape index (κ3) is 11.8. The zero-order chi connectivity index (χ0) is 7.33. The van der Waals surface area contributed by atoms with Crippen LogP contribution in [0.3, 0.4) is 0 Å². The lowest BCUT2D eigenvalue weighted by molar-refractivity contribution is 1.26. The van der Waals surface area contributed by atoms with Gasteiger partial charge in [-0.2, -0.15) is 0 Å². The number of hydrogen-bond donors (Lipinski definition) is 0. The smallest absolute Gasteiger partial charge is 0.138 e. The molecule has 0 rings (SSSR count). The minimum atomic E-state index is -0.651. The second-order valence-corrected chi connectivity index (χ2v) is 17.8. The molecule has 0 bridgehead atoms. The van der Waals surface area contributed by atoms with Gasteiger partial charge in [0.2, 0.25) is 0 Å². The molecule has 10 heavy (non-hydrogen) atoms. The summed E-state index contributed by atoms with van der Waals surface area (Å²) < 4.78 is 1.37. The van der Waals surface area contributed by atoms with Crippen molar-refractivity contribution in [2.45, 2.75) is 30.6 Å². The first-order valence-electron chi connectivity index (χ1n) is 3.50. The molecule has 0 fully saturated rings. The molecule has 0 nitrogen and oxygen atoms in total. The summed E-state index contributed by atoms with van der Waals surface area (Å²) in [6.45, 7) is 7.32. The maximum absolute atomic E-state index is 5.15. The van der Waals surface area contributed by atoms with Crippen LogP contribution in [0.2, 0.25) is 24.2 Å². The highest BCUT2D eigenvalue weighted by Gasteiger charge is 2.14. The van der Waals surface area contributed by atoms with Gasteiger partial charge in [-0.25, -0.2) is 0 Å². The summed E-state index contributed by atoms with van der Waals surface area (Å²) in [5, 5.41) is 0. The van der Waals surface area contributed by atoms with E-state index in [4.69, 9.17) is 6.42 Å².